The molecule has 50 heavy (non-hydrogen) atoms. The molecule has 2 aliphatic rings. The summed E-state index contributed by atoms with van der Waals surface area (Å²) in [5.41, 5.74) is 8.59. The number of benzene rings is 3. The molecule has 0 spiro atoms. The maximum Gasteiger partial charge on any atom is 0.421 e. The van der Waals surface area contributed by atoms with Crippen molar-refractivity contribution in [2.24, 2.45) is 0 Å². The van der Waals surface area contributed by atoms with Crippen molar-refractivity contribution in [3.05, 3.63) is 137 Å². The molecule has 3 aromatic carbocycles. The first-order valence-corrected chi connectivity index (χ1v) is 17.9. The molecule has 3 N–H and O–H groups in total. The van der Waals surface area contributed by atoms with Crippen molar-refractivity contribution in [1.82, 2.24) is 25.6 Å². The molecule has 2 aliphatic heterocycles. The molecule has 2 fully saturated rings. The van der Waals surface area contributed by atoms with Gasteiger partial charge in [-0.2, -0.15) is 0 Å². The minimum atomic E-state index is -0.836. The molecule has 262 valence electrons. The van der Waals surface area contributed by atoms with E-state index >= 15 is 0 Å². The van der Waals surface area contributed by atoms with Gasteiger partial charge >= 0.3 is 6.09 Å². The molecule has 0 radical (unpaired) electrons. The van der Waals surface area contributed by atoms with Gasteiger partial charge in [0.15, 0.2) is 0 Å². The van der Waals surface area contributed by atoms with Crippen LogP contribution in [-0.2, 0) is 15.8 Å². The molecule has 6 rings (SSSR count). The lowest BCUT2D eigenvalue weighted by molar-refractivity contribution is -0.0263. The molecule has 0 bridgehead atoms. The van der Waals surface area contributed by atoms with Crippen LogP contribution in [-0.4, -0.2) is 77.3 Å². The second-order valence-electron chi connectivity index (χ2n) is 13.4. The first-order valence-electron chi connectivity index (χ1n) is 17.6. The summed E-state index contributed by atoms with van der Waals surface area (Å²) in [5, 5.41) is 12.1. The molecular weight excluding hydrogens is 650 g/mol. The Balaban J connectivity index is 1.05. The zero-order chi connectivity index (χ0) is 34.8. The summed E-state index contributed by atoms with van der Waals surface area (Å²) in [6, 6.07) is 31.9. The number of amides is 2. The fourth-order valence-electron chi connectivity index (χ4n) is 7.36. The maximum atomic E-state index is 13.0. The molecule has 0 atom stereocenters. The van der Waals surface area contributed by atoms with Gasteiger partial charge in [-0.15, -0.1) is 0 Å². The lowest BCUT2D eigenvalue weighted by Gasteiger charge is -2.40. The predicted octanol–water partition coefficient (Wildman–Crippen LogP) is 6.32. The van der Waals surface area contributed by atoms with Crippen molar-refractivity contribution in [3.63, 3.8) is 0 Å². The second kappa shape index (κ2) is 16.6. The Morgan fingerprint density at radius 3 is 2.12 bits per heavy atom. The monoisotopic (exact) mass is 695 g/mol. The molecular formula is C40H46ClN5O4. The van der Waals surface area contributed by atoms with Gasteiger partial charge in [-0.3, -0.25) is 15.2 Å². The Kier molecular flexibility index (Phi) is 11.8. The van der Waals surface area contributed by atoms with Crippen LogP contribution < -0.4 is 10.9 Å². The minimum absolute atomic E-state index is 0.0550. The van der Waals surface area contributed by atoms with Crippen molar-refractivity contribution in [3.8, 4) is 0 Å². The number of rotatable bonds is 12. The highest BCUT2D eigenvalue weighted by molar-refractivity contribution is 6.30. The predicted molar refractivity (Wildman–Crippen MR) is 195 cm³/mol. The Bertz CT molecular complexity index is 1620. The highest BCUT2D eigenvalue weighted by Gasteiger charge is 2.36. The maximum absolute atomic E-state index is 13.0. The summed E-state index contributed by atoms with van der Waals surface area (Å²) in [7, 11) is 0. The Hall–Kier alpha value is -4.28. The molecule has 0 aliphatic carbocycles. The lowest BCUT2D eigenvalue weighted by Crippen LogP contribution is -2.49. The van der Waals surface area contributed by atoms with Crippen molar-refractivity contribution >= 4 is 23.6 Å². The van der Waals surface area contributed by atoms with Crippen LogP contribution in [0.4, 0.5) is 4.79 Å². The van der Waals surface area contributed by atoms with E-state index in [2.05, 4.69) is 69.3 Å². The largest absolute Gasteiger partial charge is 0.445 e. The zero-order valence-corrected chi connectivity index (χ0v) is 29.1. The number of ether oxygens (including phenoxy) is 1. The highest BCUT2D eigenvalue weighted by atomic mass is 35.5. The number of hydrogen-bond donors (Lipinski definition) is 3. The molecule has 4 aromatic rings. The zero-order valence-electron chi connectivity index (χ0n) is 28.3. The molecule has 0 saturated carbocycles. The Labute approximate surface area is 299 Å². The standard InChI is InChI=1S/C40H46ClN5O4/c41-35-16-14-34(15-17-35)40(49)21-27-45(28-22-40)24-8-20-39(32-10-3-1-4-11-32,33-12-5-2-6-13-33)30-43-44-38(48)50-36-18-25-46(26-19-36)37(47)31-9-7-23-42-29-31/h1-7,9-17,23,29,36,43,49H,8,18-22,24-28,30H2,(H,44,48). The Morgan fingerprint density at radius 1 is 0.880 bits per heavy atom. The van der Waals surface area contributed by atoms with Gasteiger partial charge in [0.2, 0.25) is 0 Å². The third kappa shape index (κ3) is 8.71. The van der Waals surface area contributed by atoms with E-state index in [0.29, 0.717) is 55.9 Å². The number of hydrogen-bond acceptors (Lipinski definition) is 7. The fourth-order valence-corrected chi connectivity index (χ4v) is 7.48. The van der Waals surface area contributed by atoms with Gasteiger partial charge in [0, 0.05) is 68.4 Å². The second-order valence-corrected chi connectivity index (χ2v) is 13.9. The molecule has 0 unspecified atom stereocenters. The first kappa shape index (κ1) is 35.5. The van der Waals surface area contributed by atoms with Crippen LogP contribution >= 0.6 is 11.6 Å². The third-order valence-electron chi connectivity index (χ3n) is 10.3. The number of likely N-dealkylation sites (tertiary alicyclic amines) is 2. The molecule has 1 aromatic heterocycles. The number of nitrogens with zero attached hydrogens (tertiary/aromatic N) is 3. The summed E-state index contributed by atoms with van der Waals surface area (Å²) < 4.78 is 5.77. The van der Waals surface area contributed by atoms with Crippen molar-refractivity contribution in [1.29, 1.82) is 0 Å². The molecule has 9 nitrogen and oxygen atoms in total. The van der Waals surface area contributed by atoms with Gasteiger partial charge in [0.05, 0.1) is 11.2 Å². The highest BCUT2D eigenvalue weighted by Crippen LogP contribution is 2.38. The van der Waals surface area contributed by atoms with Crippen LogP contribution in [0.3, 0.4) is 0 Å². The van der Waals surface area contributed by atoms with Gasteiger partial charge in [-0.1, -0.05) is 84.4 Å². The smallest absolute Gasteiger partial charge is 0.421 e. The summed E-state index contributed by atoms with van der Waals surface area (Å²) in [4.78, 5) is 34.0. The van der Waals surface area contributed by atoms with Crippen molar-refractivity contribution in [2.75, 3.05) is 39.3 Å². The summed E-state index contributed by atoms with van der Waals surface area (Å²) in [6.07, 6.45) is 6.67. The van der Waals surface area contributed by atoms with E-state index < -0.39 is 17.1 Å². The van der Waals surface area contributed by atoms with E-state index in [1.165, 1.54) is 0 Å². The first-order chi connectivity index (χ1) is 24.3. The third-order valence-corrected chi connectivity index (χ3v) is 10.5. The number of carbonyl (C=O) groups is 2. The van der Waals surface area contributed by atoms with Gasteiger partial charge < -0.3 is 19.6 Å². The number of aromatic nitrogens is 1. The molecule has 3 heterocycles. The van der Waals surface area contributed by atoms with E-state index in [9.17, 15) is 14.7 Å². The van der Waals surface area contributed by atoms with E-state index in [4.69, 9.17) is 16.3 Å². The number of carbonyl (C=O) groups excluding carboxylic acids is 2. The normalized spacial score (nSPS) is 16.9. The molecule has 2 amide bonds. The van der Waals surface area contributed by atoms with E-state index in [1.807, 2.05) is 36.4 Å². The van der Waals surface area contributed by atoms with Crippen LogP contribution in [0.15, 0.2) is 109 Å². The SMILES string of the molecule is O=C(NNCC(CCCN1CCC(O)(c2ccc(Cl)cc2)CC1)(c1ccccc1)c1ccccc1)OC1CCN(C(=O)c2cccnc2)CC1. The minimum Gasteiger partial charge on any atom is -0.445 e. The van der Waals surface area contributed by atoms with E-state index in [0.717, 1.165) is 49.2 Å². The summed E-state index contributed by atoms with van der Waals surface area (Å²) in [5.74, 6) is -0.0550. The van der Waals surface area contributed by atoms with Crippen LogP contribution in [0, 0.1) is 0 Å². The number of aliphatic hydroxyl groups is 1. The molecule has 10 heteroatoms. The fraction of sp³-hybridized carbons (Fsp3) is 0.375. The Morgan fingerprint density at radius 2 is 1.52 bits per heavy atom. The number of nitrogens with one attached hydrogen (secondary N) is 2. The average molecular weight is 696 g/mol. The quantitative estimate of drug-likeness (QED) is 0.149. The van der Waals surface area contributed by atoms with Crippen LogP contribution in [0.25, 0.3) is 0 Å². The number of halogens is 1. The topological polar surface area (TPSA) is 107 Å². The average Bonchev–Trinajstić information content (AvgIpc) is 3.16. The van der Waals surface area contributed by atoms with Crippen molar-refractivity contribution < 1.29 is 19.4 Å². The molecule has 2 saturated heterocycles. The van der Waals surface area contributed by atoms with Gasteiger partial charge in [-0.05, 0) is 73.2 Å². The number of piperidine rings is 2. The van der Waals surface area contributed by atoms with Gasteiger partial charge in [-0.25, -0.2) is 10.2 Å². The van der Waals surface area contributed by atoms with Crippen molar-refractivity contribution in [2.45, 2.75) is 55.6 Å². The number of hydrazine groups is 1. The number of pyridine rings is 1. The summed E-state index contributed by atoms with van der Waals surface area (Å²) in [6.45, 7) is 4.01. The van der Waals surface area contributed by atoms with Crippen LogP contribution in [0.5, 0.6) is 0 Å². The summed E-state index contributed by atoms with van der Waals surface area (Å²) >= 11 is 6.08. The van der Waals surface area contributed by atoms with Gasteiger partial charge in [0.25, 0.3) is 5.91 Å². The van der Waals surface area contributed by atoms with Crippen LogP contribution in [0.2, 0.25) is 5.02 Å². The van der Waals surface area contributed by atoms with E-state index in [1.54, 1.807) is 29.4 Å². The van der Waals surface area contributed by atoms with Crippen LogP contribution in [0.1, 0.15) is 65.6 Å². The lowest BCUT2D eigenvalue weighted by atomic mass is 9.71. The van der Waals surface area contributed by atoms with Gasteiger partial charge in [0.1, 0.15) is 6.10 Å². The van der Waals surface area contributed by atoms with E-state index in [-0.39, 0.29) is 12.0 Å².